The van der Waals surface area contributed by atoms with Crippen LogP contribution in [0.1, 0.15) is 141 Å². The molecule has 0 saturated heterocycles. The zero-order valence-corrected chi connectivity index (χ0v) is 36.3. The molecule has 3 aliphatic carbocycles. The number of nitrogens with zero attached hydrogens (tertiary/aromatic N) is 1. The topological polar surface area (TPSA) is 3.24 Å². The van der Waals surface area contributed by atoms with Crippen molar-refractivity contribution in [3.8, 4) is 33.4 Å². The Bertz CT molecular complexity index is 2520. The van der Waals surface area contributed by atoms with E-state index in [1.54, 1.807) is 0 Å². The van der Waals surface area contributed by atoms with Gasteiger partial charge in [-0.2, -0.15) is 0 Å². The summed E-state index contributed by atoms with van der Waals surface area (Å²) in [5.74, 6) is 0. The first-order valence-electron chi connectivity index (χ1n) is 21.5. The van der Waals surface area contributed by atoms with Crippen LogP contribution in [-0.4, -0.2) is 0 Å². The number of hydrogen-bond acceptors (Lipinski definition) is 1. The number of hydrogen-bond donors (Lipinski definition) is 0. The van der Waals surface area contributed by atoms with E-state index in [1.807, 2.05) is 0 Å². The zero-order valence-electron chi connectivity index (χ0n) is 36.3. The summed E-state index contributed by atoms with van der Waals surface area (Å²) in [7, 11) is 0. The number of rotatable bonds is 4. The van der Waals surface area contributed by atoms with Crippen molar-refractivity contribution in [2.45, 2.75) is 129 Å². The first-order valence-corrected chi connectivity index (χ1v) is 21.5. The van der Waals surface area contributed by atoms with Crippen molar-refractivity contribution < 1.29 is 0 Å². The van der Waals surface area contributed by atoms with Gasteiger partial charge in [-0.25, -0.2) is 0 Å². The minimum Gasteiger partial charge on any atom is -0.310 e. The van der Waals surface area contributed by atoms with Crippen molar-refractivity contribution in [3.05, 3.63) is 160 Å². The molecule has 0 N–H and O–H groups in total. The monoisotopic (exact) mass is 747 g/mol. The molecule has 1 saturated carbocycles. The first kappa shape index (κ1) is 37.7. The molecule has 0 aromatic heterocycles. The van der Waals surface area contributed by atoms with Gasteiger partial charge in [0.25, 0.3) is 0 Å². The van der Waals surface area contributed by atoms with Crippen molar-refractivity contribution in [2.24, 2.45) is 0 Å². The summed E-state index contributed by atoms with van der Waals surface area (Å²) in [5, 5.41) is 0. The molecule has 1 fully saturated rings. The molecule has 6 aromatic rings. The summed E-state index contributed by atoms with van der Waals surface area (Å²) in [6.45, 7) is 25.9. The van der Waals surface area contributed by atoms with E-state index >= 15 is 0 Å². The molecule has 0 bridgehead atoms. The van der Waals surface area contributed by atoms with Crippen LogP contribution in [0.4, 0.5) is 17.1 Å². The first-order chi connectivity index (χ1) is 26.9. The molecule has 0 unspecified atom stereocenters. The maximum absolute atomic E-state index is 2.62. The van der Waals surface area contributed by atoms with Gasteiger partial charge in [0.05, 0.1) is 5.69 Å². The Hall–Kier alpha value is -4.88. The highest BCUT2D eigenvalue weighted by Crippen LogP contribution is 2.59. The van der Waals surface area contributed by atoms with Gasteiger partial charge in [-0.1, -0.05) is 180 Å². The quantitative estimate of drug-likeness (QED) is 0.174. The van der Waals surface area contributed by atoms with Crippen LogP contribution in [0.5, 0.6) is 0 Å². The third kappa shape index (κ3) is 6.02. The molecule has 1 heteroatoms. The van der Waals surface area contributed by atoms with Crippen molar-refractivity contribution in [3.63, 3.8) is 0 Å². The SMILES string of the molecule is CC(C)(C)c1cc(-c2ccc(C(C)(C)C)cc2N(c2ccc3c(c2)C(C)(C)c2ccccc2-3)c2ccc3c(c2)C2(CCCC2)c2ccccc2-3)cc(C(C)(C)C)c1. The van der Waals surface area contributed by atoms with Crippen molar-refractivity contribution >= 4 is 17.1 Å². The van der Waals surface area contributed by atoms with Gasteiger partial charge in [0.1, 0.15) is 0 Å². The van der Waals surface area contributed by atoms with Crippen molar-refractivity contribution in [1.82, 2.24) is 0 Å². The Balaban J connectivity index is 1.34. The largest absolute Gasteiger partial charge is 0.310 e. The lowest BCUT2D eigenvalue weighted by atomic mass is 9.76. The maximum Gasteiger partial charge on any atom is 0.0542 e. The summed E-state index contributed by atoms with van der Waals surface area (Å²) in [5.41, 5.74) is 21.6. The molecule has 0 atom stereocenters. The van der Waals surface area contributed by atoms with E-state index in [0.717, 1.165) is 0 Å². The van der Waals surface area contributed by atoms with Crippen LogP contribution in [0.15, 0.2) is 121 Å². The van der Waals surface area contributed by atoms with Crippen molar-refractivity contribution in [1.29, 1.82) is 0 Å². The second kappa shape index (κ2) is 12.8. The molecule has 9 rings (SSSR count). The molecule has 0 amide bonds. The van der Waals surface area contributed by atoms with Gasteiger partial charge < -0.3 is 4.90 Å². The fourth-order valence-corrected chi connectivity index (χ4v) is 10.4. The van der Waals surface area contributed by atoms with Gasteiger partial charge in [-0.05, 0) is 126 Å². The highest BCUT2D eigenvalue weighted by molar-refractivity contribution is 5.93. The van der Waals surface area contributed by atoms with Gasteiger partial charge in [-0.15, -0.1) is 0 Å². The number of anilines is 3. The maximum atomic E-state index is 2.62. The second-order valence-corrected chi connectivity index (χ2v) is 21.1. The van der Waals surface area contributed by atoms with E-state index in [4.69, 9.17) is 0 Å². The predicted molar refractivity (Wildman–Crippen MR) is 245 cm³/mol. The standard InChI is InChI=1S/C56H61N/c1-52(2,3)37-22-25-42(36-30-38(53(4,5)6)32-39(31-36)54(7,8)9)51(33-37)57(40-23-26-45-43-18-12-14-20-47(43)55(10,11)49(45)34-40)41-24-27-46-44-19-13-15-21-48(44)56(50(46)35-41)28-16-17-29-56/h12-15,18-27,30-35H,16-17,28-29H2,1-11H3. The minimum absolute atomic E-state index is 0.00632. The minimum atomic E-state index is -0.111. The van der Waals surface area contributed by atoms with E-state index in [-0.39, 0.29) is 27.1 Å². The van der Waals surface area contributed by atoms with E-state index in [0.29, 0.717) is 0 Å². The molecule has 1 nitrogen and oxygen atoms in total. The van der Waals surface area contributed by atoms with Crippen LogP contribution >= 0.6 is 0 Å². The van der Waals surface area contributed by atoms with Crippen LogP contribution in [0.25, 0.3) is 33.4 Å². The molecule has 290 valence electrons. The molecular weight excluding hydrogens is 687 g/mol. The Morgan fingerprint density at radius 1 is 0.421 bits per heavy atom. The molecule has 0 radical (unpaired) electrons. The summed E-state index contributed by atoms with van der Waals surface area (Å²) in [6, 6.07) is 47.7. The van der Waals surface area contributed by atoms with Crippen LogP contribution in [0.3, 0.4) is 0 Å². The van der Waals surface area contributed by atoms with E-state index < -0.39 is 0 Å². The fourth-order valence-electron chi connectivity index (χ4n) is 10.4. The lowest BCUT2D eigenvalue weighted by Crippen LogP contribution is -2.21. The van der Waals surface area contributed by atoms with Crippen LogP contribution in [0.2, 0.25) is 0 Å². The molecular formula is C56H61N. The average Bonchev–Trinajstić information content (AvgIpc) is 3.83. The third-order valence-electron chi connectivity index (χ3n) is 13.9. The summed E-state index contributed by atoms with van der Waals surface area (Å²) in [6.07, 6.45) is 4.98. The normalized spacial score (nSPS) is 16.3. The van der Waals surface area contributed by atoms with E-state index in [2.05, 4.69) is 202 Å². The summed E-state index contributed by atoms with van der Waals surface area (Å²) >= 11 is 0. The molecule has 3 aliphatic rings. The molecule has 0 heterocycles. The predicted octanol–water partition coefficient (Wildman–Crippen LogP) is 15.9. The number of benzene rings is 6. The summed E-state index contributed by atoms with van der Waals surface area (Å²) < 4.78 is 0. The zero-order chi connectivity index (χ0) is 40.3. The highest BCUT2D eigenvalue weighted by atomic mass is 15.1. The fraction of sp³-hybridized carbons (Fsp3) is 0.357. The molecule has 0 aliphatic heterocycles. The lowest BCUT2D eigenvalue weighted by molar-refractivity contribution is 0.550. The Labute approximate surface area is 343 Å². The highest BCUT2D eigenvalue weighted by Gasteiger charge is 2.45. The van der Waals surface area contributed by atoms with Gasteiger partial charge in [0, 0.05) is 27.8 Å². The third-order valence-corrected chi connectivity index (χ3v) is 13.9. The molecule has 57 heavy (non-hydrogen) atoms. The summed E-state index contributed by atoms with van der Waals surface area (Å²) in [4.78, 5) is 2.62. The van der Waals surface area contributed by atoms with Gasteiger partial charge in [0.15, 0.2) is 0 Å². The Morgan fingerprint density at radius 3 is 1.47 bits per heavy atom. The van der Waals surface area contributed by atoms with Gasteiger partial charge in [0.2, 0.25) is 0 Å². The van der Waals surface area contributed by atoms with Gasteiger partial charge in [-0.3, -0.25) is 0 Å². The second-order valence-electron chi connectivity index (χ2n) is 21.1. The van der Waals surface area contributed by atoms with Gasteiger partial charge >= 0.3 is 0 Å². The van der Waals surface area contributed by atoms with E-state index in [9.17, 15) is 0 Å². The lowest BCUT2D eigenvalue weighted by Gasteiger charge is -2.33. The molecule has 1 spiro atoms. The smallest absolute Gasteiger partial charge is 0.0542 e. The van der Waals surface area contributed by atoms with E-state index in [1.165, 1.54) is 115 Å². The Morgan fingerprint density at radius 2 is 0.895 bits per heavy atom. The van der Waals surface area contributed by atoms with Crippen LogP contribution < -0.4 is 4.90 Å². The number of fused-ring (bicyclic) bond motifs is 8. The molecule has 6 aromatic carbocycles. The van der Waals surface area contributed by atoms with Crippen molar-refractivity contribution in [2.75, 3.05) is 4.90 Å². The Kier molecular flexibility index (Phi) is 8.47. The average molecular weight is 748 g/mol. The van der Waals surface area contributed by atoms with Crippen LogP contribution in [-0.2, 0) is 27.1 Å². The van der Waals surface area contributed by atoms with Crippen LogP contribution in [0, 0.1) is 0 Å².